The molecular weight excluding hydrogens is 270 g/mol. The molecule has 110 valence electrons. The van der Waals surface area contributed by atoms with E-state index < -0.39 is 18.5 Å². The maximum atomic E-state index is 12.5. The van der Waals surface area contributed by atoms with Gasteiger partial charge in [0.1, 0.15) is 0 Å². The second-order valence-electron chi connectivity index (χ2n) is 5.75. The minimum atomic E-state index is -2.11. The molecule has 6 nitrogen and oxygen atoms in total. The number of carbonyl (C=O) groups excluding carboxylic acids is 1. The van der Waals surface area contributed by atoms with Gasteiger partial charge >= 0.3 is 6.09 Å². The van der Waals surface area contributed by atoms with Crippen LogP contribution >= 0.6 is 0 Å². The topological polar surface area (TPSA) is 64.1 Å². The van der Waals surface area contributed by atoms with Gasteiger partial charge in [-0.05, 0) is 18.1 Å². The van der Waals surface area contributed by atoms with Crippen LogP contribution in [0.5, 0.6) is 0 Å². The third kappa shape index (κ3) is 1.58. The Bertz CT molecular complexity index is 724. The summed E-state index contributed by atoms with van der Waals surface area (Å²) in [5, 5.41) is 9.26. The predicted molar refractivity (Wildman–Crippen MR) is 77.9 cm³/mol. The quantitative estimate of drug-likeness (QED) is 0.782. The average Bonchev–Trinajstić information content (AvgIpc) is 2.86. The number of piperidine rings is 1. The molecule has 3 aliphatic rings. The minimum absolute atomic E-state index is 0.107. The second kappa shape index (κ2) is 4.13. The van der Waals surface area contributed by atoms with Crippen molar-refractivity contribution in [2.24, 2.45) is 0 Å². The number of carboxylic acid groups (broad SMARTS) is 1. The van der Waals surface area contributed by atoms with Crippen LogP contribution in [0.4, 0.5) is 16.2 Å². The molecule has 2 unspecified atom stereocenters. The maximum absolute atomic E-state index is 12.5. The van der Waals surface area contributed by atoms with Gasteiger partial charge in [0.25, 0.3) is 0 Å². The first-order valence-corrected chi connectivity index (χ1v) is 7.02. The molecule has 1 aromatic rings. The van der Waals surface area contributed by atoms with E-state index in [1.165, 1.54) is 9.80 Å². The number of para-hydroxylation sites is 1. The van der Waals surface area contributed by atoms with E-state index in [2.05, 4.69) is 0 Å². The van der Waals surface area contributed by atoms with E-state index >= 15 is 0 Å². The number of fused-ring (bicyclic) bond motifs is 3. The Balaban J connectivity index is 1.88. The Morgan fingerprint density at radius 1 is 1.48 bits per heavy atom. The largest absolute Gasteiger partial charge is 0.465 e. The summed E-state index contributed by atoms with van der Waals surface area (Å²) in [6, 6.07) is 5.39. The van der Waals surface area contributed by atoms with Crippen molar-refractivity contribution in [1.82, 2.24) is 4.90 Å². The van der Waals surface area contributed by atoms with Gasteiger partial charge in [0.05, 0.1) is 20.6 Å². The molecule has 0 aliphatic carbocycles. The first kappa shape index (κ1) is 10.5. The molecule has 2 amide bonds. The van der Waals surface area contributed by atoms with Gasteiger partial charge in [-0.15, -0.1) is 0 Å². The van der Waals surface area contributed by atoms with Crippen LogP contribution in [-0.2, 0) is 4.79 Å². The number of likely N-dealkylation sites (N-methyl/N-ethyl adjacent to an activating group) is 1. The van der Waals surface area contributed by atoms with Gasteiger partial charge in [0.15, 0.2) is 0 Å². The zero-order valence-electron chi connectivity index (χ0n) is 13.6. The van der Waals surface area contributed by atoms with Gasteiger partial charge in [0.2, 0.25) is 5.91 Å². The van der Waals surface area contributed by atoms with Gasteiger partial charge in [-0.1, -0.05) is 12.1 Å². The Labute approximate surface area is 125 Å². The highest BCUT2D eigenvalue weighted by molar-refractivity contribution is 6.04. The zero-order chi connectivity index (χ0) is 16.5. The predicted octanol–water partition coefficient (Wildman–Crippen LogP) is 1.32. The molecule has 0 saturated carbocycles. The highest BCUT2D eigenvalue weighted by Crippen LogP contribution is 2.50. The first-order chi connectivity index (χ1) is 10.8. The van der Waals surface area contributed by atoms with Crippen LogP contribution in [0.2, 0.25) is 0 Å². The zero-order valence-corrected chi connectivity index (χ0v) is 11.6. The normalized spacial score (nSPS) is 30.5. The molecule has 2 atom stereocenters. The number of rotatable bonds is 0. The number of nitrogens with zero attached hydrogens (tertiary/aromatic N) is 3. The summed E-state index contributed by atoms with van der Waals surface area (Å²) in [6.45, 7) is -1.42. The number of hydrogen-bond donors (Lipinski definition) is 1. The minimum Gasteiger partial charge on any atom is -0.465 e. The first-order valence-electron chi connectivity index (χ1n) is 8.02. The van der Waals surface area contributed by atoms with Crippen molar-refractivity contribution < 1.29 is 17.4 Å². The second-order valence-corrected chi connectivity index (χ2v) is 5.75. The lowest BCUT2D eigenvalue weighted by atomic mass is 9.89. The Morgan fingerprint density at radius 3 is 3.05 bits per heavy atom. The summed E-state index contributed by atoms with van der Waals surface area (Å²) in [6.07, 6.45) is -0.438. The Morgan fingerprint density at radius 2 is 2.29 bits per heavy atom. The Hall–Kier alpha value is -2.24. The summed E-state index contributed by atoms with van der Waals surface area (Å²) >= 11 is 0. The summed E-state index contributed by atoms with van der Waals surface area (Å²) < 4.78 is 16.6. The van der Waals surface area contributed by atoms with Crippen LogP contribution < -0.4 is 9.80 Å². The number of anilines is 2. The standard InChI is InChI=1S/C15H17N3O3/c1-16-12-4-2-3-9-10-7-17(15(20)21)6-5-11(10)18(14(9)12)8-13(16)19/h2-4,10-11H,5-8H2,1H3,(H,20,21)/i8D2. The third-order valence-electron chi connectivity index (χ3n) is 4.75. The molecule has 1 N–H and O–H groups in total. The van der Waals surface area contributed by atoms with Crippen LogP contribution in [-0.4, -0.2) is 54.7 Å². The molecule has 4 rings (SSSR count). The fourth-order valence-corrected chi connectivity index (χ4v) is 3.70. The number of hydrogen-bond acceptors (Lipinski definition) is 3. The van der Waals surface area contributed by atoms with Gasteiger partial charge < -0.3 is 19.8 Å². The maximum Gasteiger partial charge on any atom is 0.407 e. The third-order valence-corrected chi connectivity index (χ3v) is 4.75. The molecule has 6 heteroatoms. The number of carbonyl (C=O) groups is 2. The molecule has 1 saturated heterocycles. The van der Waals surface area contributed by atoms with Crippen molar-refractivity contribution in [2.75, 3.05) is 36.4 Å². The van der Waals surface area contributed by atoms with Crippen LogP contribution in [0.15, 0.2) is 18.2 Å². The molecule has 1 fully saturated rings. The SMILES string of the molecule is [2H]C1([2H])C(=O)N(C)c2cccc3c2N1C1CCN(C(=O)O)CC31. The lowest BCUT2D eigenvalue weighted by Gasteiger charge is -2.40. The summed E-state index contributed by atoms with van der Waals surface area (Å²) in [4.78, 5) is 28.1. The summed E-state index contributed by atoms with van der Waals surface area (Å²) in [7, 11) is 1.58. The molecule has 1 aromatic carbocycles. The average molecular weight is 289 g/mol. The highest BCUT2D eigenvalue weighted by atomic mass is 16.4. The van der Waals surface area contributed by atoms with E-state index in [0.717, 1.165) is 11.3 Å². The number of amides is 2. The van der Waals surface area contributed by atoms with E-state index in [4.69, 9.17) is 2.74 Å². The molecule has 21 heavy (non-hydrogen) atoms. The lowest BCUT2D eigenvalue weighted by Crippen LogP contribution is -2.51. The fourth-order valence-electron chi connectivity index (χ4n) is 3.70. The van der Waals surface area contributed by atoms with Gasteiger partial charge in [-0.2, -0.15) is 0 Å². The van der Waals surface area contributed by atoms with E-state index in [1.807, 2.05) is 18.2 Å². The lowest BCUT2D eigenvalue weighted by molar-refractivity contribution is -0.117. The van der Waals surface area contributed by atoms with E-state index in [1.54, 1.807) is 11.9 Å². The van der Waals surface area contributed by atoms with Gasteiger partial charge in [-0.25, -0.2) is 4.79 Å². The van der Waals surface area contributed by atoms with Crippen molar-refractivity contribution in [2.45, 2.75) is 18.4 Å². The molecule has 0 spiro atoms. The van der Waals surface area contributed by atoms with Crippen LogP contribution in [0.25, 0.3) is 0 Å². The van der Waals surface area contributed by atoms with Crippen LogP contribution in [0.1, 0.15) is 20.6 Å². The summed E-state index contributed by atoms with van der Waals surface area (Å²) in [5.41, 5.74) is 2.36. The van der Waals surface area contributed by atoms with E-state index in [-0.39, 0.29) is 12.0 Å². The van der Waals surface area contributed by atoms with Crippen molar-refractivity contribution in [1.29, 1.82) is 0 Å². The molecule has 0 bridgehead atoms. The van der Waals surface area contributed by atoms with Crippen LogP contribution in [0.3, 0.4) is 0 Å². The molecule has 3 aliphatic heterocycles. The molecule has 3 heterocycles. The van der Waals surface area contributed by atoms with Gasteiger partial charge in [0, 0.05) is 32.1 Å². The fraction of sp³-hybridized carbons (Fsp3) is 0.467. The molecule has 0 radical (unpaired) electrons. The number of benzene rings is 1. The van der Waals surface area contributed by atoms with E-state index in [9.17, 15) is 14.7 Å². The van der Waals surface area contributed by atoms with Crippen LogP contribution in [0, 0.1) is 0 Å². The monoisotopic (exact) mass is 289 g/mol. The van der Waals surface area contributed by atoms with Gasteiger partial charge in [-0.3, -0.25) is 4.79 Å². The van der Waals surface area contributed by atoms with Crippen molar-refractivity contribution in [3.05, 3.63) is 23.8 Å². The highest BCUT2D eigenvalue weighted by Gasteiger charge is 2.46. The van der Waals surface area contributed by atoms with E-state index in [0.29, 0.717) is 25.2 Å². The summed E-state index contributed by atoms with van der Waals surface area (Å²) in [5.74, 6) is -0.687. The van der Waals surface area contributed by atoms with Crippen molar-refractivity contribution >= 4 is 23.4 Å². The molecule has 0 aromatic heterocycles. The Kier molecular flexibility index (Phi) is 2.06. The smallest absolute Gasteiger partial charge is 0.407 e. The van der Waals surface area contributed by atoms with Crippen molar-refractivity contribution in [3.8, 4) is 0 Å². The molecular formula is C15H17N3O3. The number of likely N-dealkylation sites (tertiary alicyclic amines) is 1. The van der Waals surface area contributed by atoms with Crippen molar-refractivity contribution in [3.63, 3.8) is 0 Å².